The summed E-state index contributed by atoms with van der Waals surface area (Å²) in [6, 6.07) is 16.3. The Kier molecular flexibility index (Phi) is 4.70. The zero-order chi connectivity index (χ0) is 16.0. The van der Waals surface area contributed by atoms with Crippen LogP contribution in [0.5, 0.6) is 5.75 Å². The van der Waals surface area contributed by atoms with Crippen LogP contribution in [0.3, 0.4) is 0 Å². The molecule has 1 atom stereocenters. The molecule has 0 bridgehead atoms. The molecule has 1 unspecified atom stereocenters. The lowest BCUT2D eigenvalue weighted by Gasteiger charge is -2.29. The third-order valence-electron chi connectivity index (χ3n) is 3.33. The first-order valence-electron chi connectivity index (χ1n) is 6.75. The van der Waals surface area contributed by atoms with Gasteiger partial charge in [0.2, 0.25) is 5.60 Å². The second-order valence-corrected chi connectivity index (χ2v) is 4.56. The molecule has 0 aliphatic carbocycles. The Balaban J connectivity index is 2.57. The van der Waals surface area contributed by atoms with Gasteiger partial charge >= 0.3 is 6.09 Å². The van der Waals surface area contributed by atoms with Gasteiger partial charge in [0.1, 0.15) is 5.75 Å². The Morgan fingerprint density at radius 3 is 2.18 bits per heavy atom. The van der Waals surface area contributed by atoms with Crippen LogP contribution in [-0.2, 0) is 10.3 Å². The van der Waals surface area contributed by atoms with Crippen LogP contribution in [0.4, 0.5) is 4.79 Å². The molecule has 0 aliphatic rings. The van der Waals surface area contributed by atoms with Crippen molar-refractivity contribution >= 4 is 6.09 Å². The molecule has 0 radical (unpaired) electrons. The topological polar surface area (TPSA) is 47.6 Å². The van der Waals surface area contributed by atoms with E-state index in [9.17, 15) is 4.79 Å². The van der Waals surface area contributed by atoms with Crippen LogP contribution in [0.1, 0.15) is 11.1 Å². The van der Waals surface area contributed by atoms with E-state index in [-0.39, 0.29) is 0 Å². The van der Waals surface area contributed by atoms with E-state index < -0.39 is 11.7 Å². The number of hydrogen-bond acceptors (Lipinski definition) is 3. The van der Waals surface area contributed by atoms with Gasteiger partial charge in [-0.1, -0.05) is 30.3 Å². The van der Waals surface area contributed by atoms with E-state index >= 15 is 0 Å². The molecule has 0 aromatic heterocycles. The first-order valence-corrected chi connectivity index (χ1v) is 6.75. The van der Waals surface area contributed by atoms with Crippen LogP contribution in [0.15, 0.2) is 54.6 Å². The number of methoxy groups -OCH3 is 1. The number of terminal acetylenes is 1. The van der Waals surface area contributed by atoms with E-state index in [1.807, 2.05) is 30.3 Å². The lowest BCUT2D eigenvalue weighted by Crippen LogP contribution is -2.36. The van der Waals surface area contributed by atoms with Gasteiger partial charge in [-0.15, -0.1) is 6.42 Å². The van der Waals surface area contributed by atoms with Crippen molar-refractivity contribution in [3.63, 3.8) is 0 Å². The number of amides is 1. The minimum absolute atomic E-state index is 0.599. The third kappa shape index (κ3) is 2.89. The van der Waals surface area contributed by atoms with Crippen LogP contribution in [-0.4, -0.2) is 20.3 Å². The molecule has 0 spiro atoms. The average molecular weight is 295 g/mol. The minimum Gasteiger partial charge on any atom is -0.497 e. The zero-order valence-electron chi connectivity index (χ0n) is 12.5. The molecule has 112 valence electrons. The fourth-order valence-electron chi connectivity index (χ4n) is 2.17. The van der Waals surface area contributed by atoms with Crippen molar-refractivity contribution in [1.29, 1.82) is 0 Å². The minimum atomic E-state index is -1.30. The Bertz CT molecular complexity index is 674. The van der Waals surface area contributed by atoms with E-state index in [0.717, 1.165) is 0 Å². The molecule has 0 fully saturated rings. The summed E-state index contributed by atoms with van der Waals surface area (Å²) in [5.74, 6) is 3.32. The molecule has 2 aromatic rings. The summed E-state index contributed by atoms with van der Waals surface area (Å²) in [5.41, 5.74) is 0.0741. The first-order chi connectivity index (χ1) is 10.7. The number of ether oxygens (including phenoxy) is 2. The van der Waals surface area contributed by atoms with Gasteiger partial charge in [-0.05, 0) is 30.2 Å². The van der Waals surface area contributed by atoms with Crippen molar-refractivity contribution in [3.8, 4) is 18.1 Å². The smallest absolute Gasteiger partial charge is 0.408 e. The number of nitrogens with one attached hydrogen (secondary N) is 1. The number of benzene rings is 2. The molecule has 22 heavy (non-hydrogen) atoms. The first kappa shape index (κ1) is 15.5. The van der Waals surface area contributed by atoms with Crippen molar-refractivity contribution in [2.75, 3.05) is 14.2 Å². The van der Waals surface area contributed by atoms with Crippen molar-refractivity contribution in [3.05, 3.63) is 65.7 Å². The predicted octanol–water partition coefficient (Wildman–Crippen LogP) is 2.93. The summed E-state index contributed by atoms with van der Waals surface area (Å²) in [7, 11) is 3.07. The van der Waals surface area contributed by atoms with Gasteiger partial charge in [0.25, 0.3) is 0 Å². The maximum absolute atomic E-state index is 11.8. The van der Waals surface area contributed by atoms with E-state index in [2.05, 4.69) is 11.2 Å². The zero-order valence-corrected chi connectivity index (χ0v) is 12.5. The molecule has 4 nitrogen and oxygen atoms in total. The van der Waals surface area contributed by atoms with E-state index in [1.54, 1.807) is 31.4 Å². The Labute approximate surface area is 130 Å². The van der Waals surface area contributed by atoms with E-state index in [0.29, 0.717) is 16.9 Å². The van der Waals surface area contributed by atoms with Gasteiger partial charge < -0.3 is 14.8 Å². The van der Waals surface area contributed by atoms with Gasteiger partial charge in [-0.3, -0.25) is 0 Å². The standard InChI is InChI=1S/C18H17NO3/c1-4-18(22-17(20)19-2,14-8-6-5-7-9-14)15-10-12-16(21-3)13-11-15/h1,5-13H,2-3H3,(H,19,20). The van der Waals surface area contributed by atoms with Crippen LogP contribution in [0, 0.1) is 12.3 Å². The summed E-state index contributed by atoms with van der Waals surface area (Å²) in [6.07, 6.45) is 5.16. The highest BCUT2D eigenvalue weighted by atomic mass is 16.6. The lowest BCUT2D eigenvalue weighted by molar-refractivity contribution is 0.0798. The summed E-state index contributed by atoms with van der Waals surface area (Å²) in [5, 5.41) is 2.44. The Morgan fingerprint density at radius 1 is 1.09 bits per heavy atom. The van der Waals surface area contributed by atoms with E-state index in [1.165, 1.54) is 7.05 Å². The van der Waals surface area contributed by atoms with E-state index in [4.69, 9.17) is 15.9 Å². The number of carbonyl (C=O) groups excluding carboxylic acids is 1. The maximum atomic E-state index is 11.8. The van der Waals surface area contributed by atoms with Crippen molar-refractivity contribution in [2.45, 2.75) is 5.60 Å². The van der Waals surface area contributed by atoms with Crippen LogP contribution in [0.25, 0.3) is 0 Å². The molecule has 0 aliphatic heterocycles. The lowest BCUT2D eigenvalue weighted by atomic mass is 9.87. The van der Waals surface area contributed by atoms with Crippen LogP contribution >= 0.6 is 0 Å². The van der Waals surface area contributed by atoms with Crippen LogP contribution < -0.4 is 10.1 Å². The molecular weight excluding hydrogens is 278 g/mol. The quantitative estimate of drug-likeness (QED) is 0.882. The molecule has 4 heteroatoms. The molecule has 1 N–H and O–H groups in total. The number of alkyl carbamates (subject to hydrolysis) is 1. The fraction of sp³-hybridized carbons (Fsp3) is 0.167. The number of hydrogen-bond donors (Lipinski definition) is 1. The summed E-state index contributed by atoms with van der Waals surface area (Å²) >= 11 is 0. The molecule has 0 saturated heterocycles. The highest BCUT2D eigenvalue weighted by Gasteiger charge is 2.36. The predicted molar refractivity (Wildman–Crippen MR) is 84.6 cm³/mol. The van der Waals surface area contributed by atoms with Gasteiger partial charge in [0.05, 0.1) is 7.11 Å². The maximum Gasteiger partial charge on any atom is 0.408 e. The monoisotopic (exact) mass is 295 g/mol. The van der Waals surface area contributed by atoms with Crippen molar-refractivity contribution < 1.29 is 14.3 Å². The molecule has 2 aromatic carbocycles. The molecule has 1 amide bonds. The van der Waals surface area contributed by atoms with Gasteiger partial charge in [0.15, 0.2) is 0 Å². The largest absolute Gasteiger partial charge is 0.497 e. The average Bonchev–Trinajstić information content (AvgIpc) is 2.60. The van der Waals surface area contributed by atoms with Crippen LogP contribution in [0.2, 0.25) is 0 Å². The normalized spacial score (nSPS) is 12.6. The fourth-order valence-corrected chi connectivity index (χ4v) is 2.17. The molecular formula is C18H17NO3. The summed E-state index contributed by atoms with van der Waals surface area (Å²) < 4.78 is 10.7. The highest BCUT2D eigenvalue weighted by Crippen LogP contribution is 2.34. The number of carbonyl (C=O) groups is 1. The second-order valence-electron chi connectivity index (χ2n) is 4.56. The molecule has 0 saturated carbocycles. The van der Waals surface area contributed by atoms with Crippen molar-refractivity contribution in [1.82, 2.24) is 5.32 Å². The van der Waals surface area contributed by atoms with Gasteiger partial charge in [-0.2, -0.15) is 0 Å². The highest BCUT2D eigenvalue weighted by molar-refractivity contribution is 5.69. The van der Waals surface area contributed by atoms with Crippen molar-refractivity contribution in [2.24, 2.45) is 0 Å². The summed E-state index contributed by atoms with van der Waals surface area (Å²) in [4.78, 5) is 11.8. The third-order valence-corrected chi connectivity index (χ3v) is 3.33. The molecule has 0 heterocycles. The van der Waals surface area contributed by atoms with Gasteiger partial charge in [0, 0.05) is 18.2 Å². The van der Waals surface area contributed by atoms with Gasteiger partial charge in [-0.25, -0.2) is 4.79 Å². The second kappa shape index (κ2) is 6.68. The molecule has 2 rings (SSSR count). The SMILES string of the molecule is C#CC(OC(=O)NC)(c1ccccc1)c1ccc(OC)cc1. The summed E-state index contributed by atoms with van der Waals surface area (Å²) in [6.45, 7) is 0. The Morgan fingerprint density at radius 2 is 1.68 bits per heavy atom. The number of rotatable bonds is 4. The Hall–Kier alpha value is -2.93.